The summed E-state index contributed by atoms with van der Waals surface area (Å²) in [5.74, 6) is -0.535. The lowest BCUT2D eigenvalue weighted by atomic mass is 9.91. The third kappa shape index (κ3) is 3.57. The largest absolute Gasteiger partial charge is 0.465 e. The lowest BCUT2D eigenvalue weighted by Crippen LogP contribution is -2.42. The highest BCUT2D eigenvalue weighted by molar-refractivity contribution is 6.34. The van der Waals surface area contributed by atoms with Crippen LogP contribution in [0.1, 0.15) is 27.0 Å². The van der Waals surface area contributed by atoms with Gasteiger partial charge in [0, 0.05) is 15.6 Å². The van der Waals surface area contributed by atoms with Crippen LogP contribution >= 0.6 is 23.2 Å². The molecule has 1 heterocycles. The van der Waals surface area contributed by atoms with E-state index in [9.17, 15) is 18.0 Å². The SMILES string of the molecule is COC(=O)c1ccc(C2=CC(c3cc(Cl)cc(Cl)c3)(C(F)(F)F)ON2)cc1C. The van der Waals surface area contributed by atoms with Crippen LogP contribution in [-0.4, -0.2) is 19.3 Å². The fourth-order valence-electron chi connectivity index (χ4n) is 2.92. The highest BCUT2D eigenvalue weighted by Crippen LogP contribution is 2.48. The molecule has 0 bridgehead atoms. The van der Waals surface area contributed by atoms with Gasteiger partial charge < -0.3 is 4.74 Å². The molecule has 0 aromatic heterocycles. The number of rotatable bonds is 3. The summed E-state index contributed by atoms with van der Waals surface area (Å²) in [7, 11) is 1.25. The summed E-state index contributed by atoms with van der Waals surface area (Å²) in [6.45, 7) is 1.65. The molecule has 1 atom stereocenters. The van der Waals surface area contributed by atoms with Crippen LogP contribution in [0.15, 0.2) is 42.5 Å². The van der Waals surface area contributed by atoms with E-state index >= 15 is 0 Å². The molecule has 4 nitrogen and oxygen atoms in total. The number of alkyl halides is 3. The Kier molecular flexibility index (Phi) is 5.36. The molecule has 2 aromatic carbocycles. The van der Waals surface area contributed by atoms with Gasteiger partial charge in [0.2, 0.25) is 5.60 Å². The second-order valence-electron chi connectivity index (χ2n) is 6.17. The first-order chi connectivity index (χ1) is 13.1. The number of esters is 1. The maximum absolute atomic E-state index is 14.0. The maximum atomic E-state index is 14.0. The zero-order chi connectivity index (χ0) is 20.7. The van der Waals surface area contributed by atoms with Crippen LogP contribution in [0.2, 0.25) is 10.0 Å². The van der Waals surface area contributed by atoms with Crippen molar-refractivity contribution in [3.8, 4) is 0 Å². The van der Waals surface area contributed by atoms with Gasteiger partial charge in [-0.25, -0.2) is 4.79 Å². The van der Waals surface area contributed by atoms with E-state index < -0.39 is 17.7 Å². The third-order valence-electron chi connectivity index (χ3n) is 4.32. The van der Waals surface area contributed by atoms with Crippen LogP contribution < -0.4 is 5.48 Å². The monoisotopic (exact) mass is 431 g/mol. The summed E-state index contributed by atoms with van der Waals surface area (Å²) in [4.78, 5) is 16.7. The van der Waals surface area contributed by atoms with E-state index in [0.29, 0.717) is 16.7 Å². The number of hydrogen-bond acceptors (Lipinski definition) is 4. The van der Waals surface area contributed by atoms with E-state index in [0.717, 1.165) is 18.2 Å². The van der Waals surface area contributed by atoms with Crippen LogP contribution in [0.25, 0.3) is 5.70 Å². The summed E-state index contributed by atoms with van der Waals surface area (Å²) in [5.41, 5.74) is 0.659. The number of methoxy groups -OCH3 is 1. The van der Waals surface area contributed by atoms with Crippen LogP contribution in [-0.2, 0) is 15.2 Å². The first-order valence-corrected chi connectivity index (χ1v) is 8.72. The predicted octanol–water partition coefficient (Wildman–Crippen LogP) is 5.42. The molecule has 0 amide bonds. The Labute approximate surface area is 168 Å². The van der Waals surface area contributed by atoms with E-state index in [1.165, 1.54) is 25.3 Å². The van der Waals surface area contributed by atoms with Gasteiger partial charge in [-0.1, -0.05) is 29.3 Å². The average Bonchev–Trinajstić information content (AvgIpc) is 3.07. The highest BCUT2D eigenvalue weighted by atomic mass is 35.5. The zero-order valence-electron chi connectivity index (χ0n) is 14.7. The summed E-state index contributed by atoms with van der Waals surface area (Å²) in [6.07, 6.45) is -3.88. The number of halogens is 5. The molecule has 0 radical (unpaired) electrons. The van der Waals surface area contributed by atoms with Crippen molar-refractivity contribution in [1.82, 2.24) is 5.48 Å². The minimum atomic E-state index is -4.79. The van der Waals surface area contributed by atoms with Gasteiger partial charge in [0.25, 0.3) is 0 Å². The number of carbonyl (C=O) groups is 1. The molecular weight excluding hydrogens is 418 g/mol. The Morgan fingerprint density at radius 2 is 1.79 bits per heavy atom. The summed E-state index contributed by atoms with van der Waals surface area (Å²) in [6, 6.07) is 8.16. The molecule has 1 unspecified atom stereocenters. The van der Waals surface area contributed by atoms with E-state index in [2.05, 4.69) is 10.2 Å². The van der Waals surface area contributed by atoms with Gasteiger partial charge in [0.1, 0.15) is 0 Å². The average molecular weight is 432 g/mol. The first-order valence-electron chi connectivity index (χ1n) is 7.97. The van der Waals surface area contributed by atoms with E-state index in [-0.39, 0.29) is 21.3 Å². The van der Waals surface area contributed by atoms with Crippen molar-refractivity contribution >= 4 is 34.9 Å². The highest BCUT2D eigenvalue weighted by Gasteiger charge is 2.59. The van der Waals surface area contributed by atoms with E-state index in [4.69, 9.17) is 28.0 Å². The molecule has 28 heavy (non-hydrogen) atoms. The summed E-state index contributed by atoms with van der Waals surface area (Å²) >= 11 is 11.8. The second-order valence-corrected chi connectivity index (χ2v) is 7.05. The molecular formula is C19H14Cl2F3NO3. The van der Waals surface area contributed by atoms with Crippen molar-refractivity contribution in [2.75, 3.05) is 7.11 Å². The Balaban J connectivity index is 2.10. The molecule has 3 rings (SSSR count). The standard InChI is InChI=1S/C19H14Cl2F3NO3/c1-10-5-11(3-4-15(10)17(26)27-2)16-9-18(28-25-16,19(22,23)24)12-6-13(20)8-14(21)7-12/h3-9,25H,1-2H3. The van der Waals surface area contributed by atoms with Crippen LogP contribution in [0, 0.1) is 6.92 Å². The van der Waals surface area contributed by atoms with Crippen LogP contribution in [0.5, 0.6) is 0 Å². The minimum absolute atomic E-state index is 0.0508. The third-order valence-corrected chi connectivity index (χ3v) is 4.76. The molecule has 148 valence electrons. The first kappa shape index (κ1) is 20.5. The number of carbonyl (C=O) groups excluding carboxylic acids is 1. The smallest absolute Gasteiger partial charge is 0.428 e. The van der Waals surface area contributed by atoms with Gasteiger partial charge in [-0.2, -0.15) is 13.2 Å². The van der Waals surface area contributed by atoms with Crippen molar-refractivity contribution in [1.29, 1.82) is 0 Å². The Morgan fingerprint density at radius 1 is 1.14 bits per heavy atom. The van der Waals surface area contributed by atoms with E-state index in [1.807, 2.05) is 0 Å². The van der Waals surface area contributed by atoms with Crippen LogP contribution in [0.4, 0.5) is 13.2 Å². The number of nitrogens with one attached hydrogen (secondary N) is 1. The molecule has 0 fully saturated rings. The van der Waals surface area contributed by atoms with Gasteiger partial charge >= 0.3 is 12.1 Å². The fraction of sp³-hybridized carbons (Fsp3) is 0.211. The molecule has 1 aliphatic rings. The number of hydrogen-bond donors (Lipinski definition) is 1. The quantitative estimate of drug-likeness (QED) is 0.658. The summed E-state index contributed by atoms with van der Waals surface area (Å²) in [5, 5.41) is 0.102. The number of ether oxygens (including phenoxy) is 1. The molecule has 9 heteroatoms. The topological polar surface area (TPSA) is 47.6 Å². The predicted molar refractivity (Wildman–Crippen MR) is 98.9 cm³/mol. The normalized spacial score (nSPS) is 19.2. The molecule has 0 spiro atoms. The Bertz CT molecular complexity index is 955. The number of benzene rings is 2. The molecule has 0 saturated carbocycles. The Hall–Kier alpha value is -2.22. The van der Waals surface area contributed by atoms with Crippen molar-refractivity contribution in [2.24, 2.45) is 0 Å². The van der Waals surface area contributed by atoms with Crippen molar-refractivity contribution < 1.29 is 27.5 Å². The van der Waals surface area contributed by atoms with Gasteiger partial charge in [-0.3, -0.25) is 10.3 Å². The van der Waals surface area contributed by atoms with Gasteiger partial charge in [-0.05, 0) is 54.5 Å². The molecule has 0 aliphatic carbocycles. The number of aryl methyl sites for hydroxylation is 1. The van der Waals surface area contributed by atoms with Crippen LogP contribution in [0.3, 0.4) is 0 Å². The zero-order valence-corrected chi connectivity index (χ0v) is 16.2. The van der Waals surface area contributed by atoms with Gasteiger partial charge in [0.15, 0.2) is 0 Å². The lowest BCUT2D eigenvalue weighted by molar-refractivity contribution is -0.269. The summed E-state index contributed by atoms with van der Waals surface area (Å²) < 4.78 is 46.6. The van der Waals surface area contributed by atoms with Gasteiger partial charge in [-0.15, -0.1) is 0 Å². The van der Waals surface area contributed by atoms with Gasteiger partial charge in [0.05, 0.1) is 18.4 Å². The minimum Gasteiger partial charge on any atom is -0.465 e. The molecule has 0 saturated heterocycles. The van der Waals surface area contributed by atoms with Crippen molar-refractivity contribution in [3.63, 3.8) is 0 Å². The van der Waals surface area contributed by atoms with Crippen molar-refractivity contribution in [2.45, 2.75) is 18.7 Å². The van der Waals surface area contributed by atoms with E-state index in [1.54, 1.807) is 13.0 Å². The lowest BCUT2D eigenvalue weighted by Gasteiger charge is -2.28. The number of hydroxylamine groups is 1. The van der Waals surface area contributed by atoms with Crippen molar-refractivity contribution in [3.05, 3.63) is 74.8 Å². The molecule has 2 aromatic rings. The Morgan fingerprint density at radius 3 is 2.32 bits per heavy atom. The maximum Gasteiger partial charge on any atom is 0.428 e. The second kappa shape index (κ2) is 7.31. The fourth-order valence-corrected chi connectivity index (χ4v) is 3.45. The molecule has 1 N–H and O–H groups in total. The molecule has 1 aliphatic heterocycles.